The number of hydrogen-bond acceptors (Lipinski definition) is 4. The van der Waals surface area contributed by atoms with E-state index in [0.29, 0.717) is 52.6 Å². The monoisotopic (exact) mass is 318 g/mol. The van der Waals surface area contributed by atoms with Crippen LogP contribution in [0.4, 0.5) is 0 Å². The van der Waals surface area contributed by atoms with Crippen LogP contribution in [0.2, 0.25) is 0 Å². The van der Waals surface area contributed by atoms with E-state index in [-0.39, 0.29) is 23.9 Å². The number of nitrogens with zero attached hydrogens (tertiary/aromatic N) is 2. The molecule has 8 nitrogen and oxygen atoms in total. The van der Waals surface area contributed by atoms with Gasteiger partial charge in [-0.15, -0.1) is 0 Å². The summed E-state index contributed by atoms with van der Waals surface area (Å²) in [5, 5.41) is 0. The SMILES string of the molecule is C[C@H]([NH3+])C(=O)N1CCOCCN(C(=O)[C@H](C)[NH3+])CCOCC1. The molecule has 1 rings (SSSR count). The van der Waals surface area contributed by atoms with Crippen LogP contribution in [-0.4, -0.2) is 86.3 Å². The molecule has 0 saturated carbocycles. The zero-order valence-electron chi connectivity index (χ0n) is 13.8. The molecule has 0 radical (unpaired) electrons. The van der Waals surface area contributed by atoms with Crippen LogP contribution in [0.25, 0.3) is 0 Å². The van der Waals surface area contributed by atoms with Crippen molar-refractivity contribution in [3.8, 4) is 0 Å². The molecule has 2 amide bonds. The lowest BCUT2D eigenvalue weighted by Crippen LogP contribution is -2.67. The topological polar surface area (TPSA) is 114 Å². The predicted octanol–water partition coefficient (Wildman–Crippen LogP) is -3.05. The molecule has 2 atom stereocenters. The number of rotatable bonds is 2. The molecule has 1 heterocycles. The quantitative estimate of drug-likeness (QED) is 0.563. The highest BCUT2D eigenvalue weighted by atomic mass is 16.5. The summed E-state index contributed by atoms with van der Waals surface area (Å²) >= 11 is 0. The van der Waals surface area contributed by atoms with Crippen LogP contribution in [0.15, 0.2) is 0 Å². The lowest BCUT2D eigenvalue weighted by Gasteiger charge is -2.26. The van der Waals surface area contributed by atoms with Gasteiger partial charge in [0.1, 0.15) is 0 Å². The van der Waals surface area contributed by atoms with Gasteiger partial charge in [0.15, 0.2) is 12.1 Å². The second-order valence-corrected chi connectivity index (χ2v) is 5.68. The molecule has 0 bridgehead atoms. The molecule has 128 valence electrons. The standard InChI is InChI=1S/C14H28N4O4/c1-11(15)13(19)17-3-7-21-9-5-18(14(20)12(2)16)6-10-22-8-4-17/h11-12H,3-10,15-16H2,1-2H3/p+2/t11-,12-/m0/s1. The summed E-state index contributed by atoms with van der Waals surface area (Å²) in [4.78, 5) is 27.5. The van der Waals surface area contributed by atoms with Gasteiger partial charge in [0, 0.05) is 26.2 Å². The van der Waals surface area contributed by atoms with Gasteiger partial charge < -0.3 is 30.7 Å². The van der Waals surface area contributed by atoms with E-state index >= 15 is 0 Å². The Morgan fingerprint density at radius 1 is 0.773 bits per heavy atom. The van der Waals surface area contributed by atoms with E-state index in [1.807, 2.05) is 0 Å². The summed E-state index contributed by atoms with van der Waals surface area (Å²) < 4.78 is 11.1. The molecule has 6 N–H and O–H groups in total. The number of quaternary nitrogens is 2. The van der Waals surface area contributed by atoms with Gasteiger partial charge in [0.25, 0.3) is 11.8 Å². The Kier molecular flexibility index (Phi) is 8.32. The van der Waals surface area contributed by atoms with Crippen molar-refractivity contribution in [2.75, 3.05) is 52.6 Å². The fourth-order valence-electron chi connectivity index (χ4n) is 2.19. The van der Waals surface area contributed by atoms with Crippen molar-refractivity contribution in [2.45, 2.75) is 25.9 Å². The Balaban J connectivity index is 2.53. The fourth-order valence-corrected chi connectivity index (χ4v) is 2.19. The molecule has 22 heavy (non-hydrogen) atoms. The van der Waals surface area contributed by atoms with Crippen LogP contribution in [0.3, 0.4) is 0 Å². The summed E-state index contributed by atoms with van der Waals surface area (Å²) in [6.45, 7) is 7.40. The molecule has 1 aliphatic heterocycles. The van der Waals surface area contributed by atoms with Gasteiger partial charge in [0.2, 0.25) is 0 Å². The normalized spacial score (nSPS) is 21.5. The maximum absolute atomic E-state index is 12.0. The molecule has 1 saturated heterocycles. The van der Waals surface area contributed by atoms with Gasteiger partial charge in [-0.1, -0.05) is 0 Å². The van der Waals surface area contributed by atoms with Gasteiger partial charge in [-0.05, 0) is 13.8 Å². The van der Waals surface area contributed by atoms with Crippen LogP contribution in [0.5, 0.6) is 0 Å². The van der Waals surface area contributed by atoms with Crippen LogP contribution < -0.4 is 11.5 Å². The third-order valence-corrected chi connectivity index (χ3v) is 3.49. The first-order chi connectivity index (χ1) is 10.4. The molecule has 0 aliphatic carbocycles. The number of hydrogen-bond donors (Lipinski definition) is 2. The van der Waals surface area contributed by atoms with Gasteiger partial charge in [-0.3, -0.25) is 9.59 Å². The lowest BCUT2D eigenvalue weighted by atomic mass is 10.3. The molecule has 0 spiro atoms. The van der Waals surface area contributed by atoms with Crippen molar-refractivity contribution in [3.05, 3.63) is 0 Å². The maximum Gasteiger partial charge on any atom is 0.280 e. The molecule has 0 aromatic carbocycles. The second-order valence-electron chi connectivity index (χ2n) is 5.68. The zero-order chi connectivity index (χ0) is 16.5. The van der Waals surface area contributed by atoms with E-state index < -0.39 is 0 Å². The van der Waals surface area contributed by atoms with E-state index in [0.717, 1.165) is 0 Å². The predicted molar refractivity (Wildman–Crippen MR) is 79.5 cm³/mol. The van der Waals surface area contributed by atoms with Crippen molar-refractivity contribution in [3.63, 3.8) is 0 Å². The first-order valence-corrected chi connectivity index (χ1v) is 7.82. The largest absolute Gasteiger partial charge is 0.378 e. The van der Waals surface area contributed by atoms with Gasteiger partial charge in [-0.25, -0.2) is 0 Å². The molecular weight excluding hydrogens is 288 g/mol. The number of ether oxygens (including phenoxy) is 2. The molecule has 0 aromatic heterocycles. The van der Waals surface area contributed by atoms with E-state index in [2.05, 4.69) is 11.5 Å². The molecule has 8 heteroatoms. The minimum absolute atomic E-state index is 0.00643. The lowest BCUT2D eigenvalue weighted by molar-refractivity contribution is -0.400. The molecule has 1 aliphatic rings. The van der Waals surface area contributed by atoms with Gasteiger partial charge in [-0.2, -0.15) is 0 Å². The van der Waals surface area contributed by atoms with Crippen molar-refractivity contribution in [1.82, 2.24) is 9.80 Å². The minimum atomic E-state index is -0.278. The van der Waals surface area contributed by atoms with E-state index in [1.165, 1.54) is 0 Å². The first kappa shape index (κ1) is 18.8. The highest BCUT2D eigenvalue weighted by Crippen LogP contribution is 1.98. The van der Waals surface area contributed by atoms with E-state index in [4.69, 9.17) is 9.47 Å². The first-order valence-electron chi connectivity index (χ1n) is 7.82. The highest BCUT2D eigenvalue weighted by molar-refractivity contribution is 5.80. The van der Waals surface area contributed by atoms with Gasteiger partial charge in [0.05, 0.1) is 26.4 Å². The Hall–Kier alpha value is -1.22. The summed E-state index contributed by atoms with van der Waals surface area (Å²) in [6, 6.07) is -0.556. The van der Waals surface area contributed by atoms with Crippen molar-refractivity contribution < 1.29 is 30.5 Å². The van der Waals surface area contributed by atoms with Crippen molar-refractivity contribution in [1.29, 1.82) is 0 Å². The highest BCUT2D eigenvalue weighted by Gasteiger charge is 2.22. The van der Waals surface area contributed by atoms with Crippen LogP contribution in [0.1, 0.15) is 13.8 Å². The number of amides is 2. The van der Waals surface area contributed by atoms with Crippen molar-refractivity contribution >= 4 is 11.8 Å². The fraction of sp³-hybridized carbons (Fsp3) is 0.857. The average Bonchev–Trinajstić information content (AvgIpc) is 2.46. The Labute approximate surface area is 131 Å². The summed E-state index contributed by atoms with van der Waals surface area (Å²) in [5.41, 5.74) is 7.53. The average molecular weight is 318 g/mol. The molecule has 0 unspecified atom stereocenters. The molecule has 1 fully saturated rings. The summed E-state index contributed by atoms with van der Waals surface area (Å²) in [7, 11) is 0. The second kappa shape index (κ2) is 9.73. The van der Waals surface area contributed by atoms with Crippen LogP contribution in [-0.2, 0) is 19.1 Å². The Bertz CT molecular complexity index is 317. The molecular formula is C14H30N4O4+2. The minimum Gasteiger partial charge on any atom is -0.378 e. The summed E-state index contributed by atoms with van der Waals surface area (Å²) in [6.07, 6.45) is 0. The Morgan fingerprint density at radius 2 is 1.05 bits per heavy atom. The number of carbonyl (C=O) groups is 2. The van der Waals surface area contributed by atoms with E-state index in [9.17, 15) is 9.59 Å². The summed E-state index contributed by atoms with van der Waals surface area (Å²) in [5.74, 6) is 0.0129. The van der Waals surface area contributed by atoms with Crippen LogP contribution in [0, 0.1) is 0 Å². The van der Waals surface area contributed by atoms with Crippen molar-refractivity contribution in [2.24, 2.45) is 0 Å². The number of carbonyl (C=O) groups excluding carboxylic acids is 2. The Morgan fingerprint density at radius 3 is 1.27 bits per heavy atom. The molecule has 0 aromatic rings. The van der Waals surface area contributed by atoms with Crippen LogP contribution >= 0.6 is 0 Å². The van der Waals surface area contributed by atoms with Gasteiger partial charge >= 0.3 is 0 Å². The third kappa shape index (κ3) is 6.27. The van der Waals surface area contributed by atoms with E-state index in [1.54, 1.807) is 23.6 Å². The zero-order valence-corrected chi connectivity index (χ0v) is 13.8. The smallest absolute Gasteiger partial charge is 0.280 e. The maximum atomic E-state index is 12.0. The third-order valence-electron chi connectivity index (χ3n) is 3.49.